The maximum atomic E-state index is 12.3. The third-order valence-electron chi connectivity index (χ3n) is 3.33. The summed E-state index contributed by atoms with van der Waals surface area (Å²) in [7, 11) is 0. The number of aromatic nitrogens is 1. The zero-order valence-electron chi connectivity index (χ0n) is 10.9. The number of rotatable bonds is 2. The van der Waals surface area contributed by atoms with Gasteiger partial charge in [0.1, 0.15) is 5.56 Å². The van der Waals surface area contributed by atoms with Crippen LogP contribution in [0, 0.1) is 0 Å². The van der Waals surface area contributed by atoms with E-state index in [1.165, 1.54) is 0 Å². The molecule has 2 aromatic heterocycles. The number of pyridine rings is 1. The first kappa shape index (κ1) is 13.1. The average molecular weight is 289 g/mol. The normalized spacial score (nSPS) is 15.3. The van der Waals surface area contributed by atoms with Crippen molar-refractivity contribution < 1.29 is 4.79 Å². The molecule has 0 bridgehead atoms. The highest BCUT2D eigenvalue weighted by Crippen LogP contribution is 2.21. The van der Waals surface area contributed by atoms with Crippen molar-refractivity contribution in [1.82, 2.24) is 15.2 Å². The largest absolute Gasteiger partial charge is 0.336 e. The highest BCUT2D eigenvalue weighted by molar-refractivity contribution is 7.13. The molecule has 3 heterocycles. The number of nitrogens with one attached hydrogen (secondary N) is 2. The molecule has 2 N–H and O–H groups in total. The Morgan fingerprint density at radius 1 is 1.20 bits per heavy atom. The lowest BCUT2D eigenvalue weighted by Crippen LogP contribution is -2.47. The van der Waals surface area contributed by atoms with E-state index in [9.17, 15) is 9.59 Å². The number of amides is 1. The molecule has 0 aromatic carbocycles. The first-order valence-electron chi connectivity index (χ1n) is 6.53. The van der Waals surface area contributed by atoms with Gasteiger partial charge in [0.05, 0.1) is 10.6 Å². The van der Waals surface area contributed by atoms with Gasteiger partial charge in [0.2, 0.25) is 0 Å². The van der Waals surface area contributed by atoms with Crippen LogP contribution in [0.15, 0.2) is 34.4 Å². The van der Waals surface area contributed by atoms with Gasteiger partial charge in [-0.2, -0.15) is 0 Å². The summed E-state index contributed by atoms with van der Waals surface area (Å²) >= 11 is 1.55. The second-order valence-corrected chi connectivity index (χ2v) is 5.58. The molecule has 1 fully saturated rings. The van der Waals surface area contributed by atoms with Crippen molar-refractivity contribution in [2.75, 3.05) is 26.2 Å². The van der Waals surface area contributed by atoms with E-state index in [1.807, 2.05) is 17.5 Å². The summed E-state index contributed by atoms with van der Waals surface area (Å²) in [6, 6.07) is 7.28. The van der Waals surface area contributed by atoms with Gasteiger partial charge in [-0.3, -0.25) is 9.59 Å². The Kier molecular flexibility index (Phi) is 3.66. The average Bonchev–Trinajstić information content (AvgIpc) is 3.01. The van der Waals surface area contributed by atoms with E-state index in [-0.39, 0.29) is 17.0 Å². The van der Waals surface area contributed by atoms with Crippen molar-refractivity contribution in [1.29, 1.82) is 0 Å². The number of nitrogens with zero attached hydrogens (tertiary/aromatic N) is 1. The van der Waals surface area contributed by atoms with Gasteiger partial charge >= 0.3 is 0 Å². The summed E-state index contributed by atoms with van der Waals surface area (Å²) in [5.41, 5.74) is 0.647. The van der Waals surface area contributed by atoms with E-state index in [0.717, 1.165) is 23.7 Å². The van der Waals surface area contributed by atoms with Gasteiger partial charge < -0.3 is 15.2 Å². The lowest BCUT2D eigenvalue weighted by Gasteiger charge is -2.27. The number of carbonyl (C=O) groups is 1. The van der Waals surface area contributed by atoms with Crippen LogP contribution in [0.1, 0.15) is 10.4 Å². The number of H-pyrrole nitrogens is 1. The zero-order chi connectivity index (χ0) is 13.9. The second kappa shape index (κ2) is 5.60. The van der Waals surface area contributed by atoms with Crippen LogP contribution < -0.4 is 10.9 Å². The van der Waals surface area contributed by atoms with E-state index in [1.54, 1.807) is 28.4 Å². The third kappa shape index (κ3) is 2.52. The van der Waals surface area contributed by atoms with Gasteiger partial charge in [-0.05, 0) is 23.6 Å². The van der Waals surface area contributed by atoms with Crippen LogP contribution >= 0.6 is 11.3 Å². The maximum absolute atomic E-state index is 12.3. The topological polar surface area (TPSA) is 65.2 Å². The summed E-state index contributed by atoms with van der Waals surface area (Å²) in [6.45, 7) is 2.84. The highest BCUT2D eigenvalue weighted by Gasteiger charge is 2.20. The van der Waals surface area contributed by atoms with Gasteiger partial charge in [-0.15, -0.1) is 11.3 Å². The predicted molar refractivity (Wildman–Crippen MR) is 79.1 cm³/mol. The molecule has 1 saturated heterocycles. The molecular weight excluding hydrogens is 274 g/mol. The fourth-order valence-electron chi connectivity index (χ4n) is 2.26. The minimum absolute atomic E-state index is 0.189. The molecule has 0 spiro atoms. The number of thiophene rings is 1. The monoisotopic (exact) mass is 289 g/mol. The standard InChI is InChI=1S/C14H15N3O2S/c18-13-10(14(19)17-7-5-15-6-8-17)3-4-11(16-13)12-2-1-9-20-12/h1-4,9,15H,5-8H2,(H,16,18). The number of hydrogen-bond acceptors (Lipinski definition) is 4. The molecule has 6 heteroatoms. The van der Waals surface area contributed by atoms with Crippen LogP contribution in [0.5, 0.6) is 0 Å². The minimum atomic E-state index is -0.320. The predicted octanol–water partition coefficient (Wildman–Crippen LogP) is 1.15. The van der Waals surface area contributed by atoms with Gasteiger partial charge in [-0.25, -0.2) is 0 Å². The van der Waals surface area contributed by atoms with Gasteiger partial charge in [0.15, 0.2) is 0 Å². The van der Waals surface area contributed by atoms with E-state index in [4.69, 9.17) is 0 Å². The molecule has 1 aliphatic heterocycles. The quantitative estimate of drug-likeness (QED) is 0.871. The Balaban J connectivity index is 1.87. The van der Waals surface area contributed by atoms with Crippen molar-refractivity contribution in [3.05, 3.63) is 45.6 Å². The molecule has 1 aliphatic rings. The summed E-state index contributed by atoms with van der Waals surface area (Å²) < 4.78 is 0. The van der Waals surface area contributed by atoms with Crippen LogP contribution in [0.3, 0.4) is 0 Å². The minimum Gasteiger partial charge on any atom is -0.336 e. The molecule has 0 atom stereocenters. The Hall–Kier alpha value is -1.92. The lowest BCUT2D eigenvalue weighted by atomic mass is 10.2. The first-order chi connectivity index (χ1) is 9.75. The number of aromatic amines is 1. The fourth-order valence-corrected chi connectivity index (χ4v) is 2.96. The second-order valence-electron chi connectivity index (χ2n) is 4.63. The molecule has 0 radical (unpaired) electrons. The molecule has 5 nitrogen and oxygen atoms in total. The van der Waals surface area contributed by atoms with Crippen molar-refractivity contribution in [3.63, 3.8) is 0 Å². The summed E-state index contributed by atoms with van der Waals surface area (Å²) in [5, 5.41) is 5.14. The van der Waals surface area contributed by atoms with Crippen molar-refractivity contribution in [2.24, 2.45) is 0 Å². The number of piperazine rings is 1. The summed E-state index contributed by atoms with van der Waals surface area (Å²) in [5.74, 6) is -0.189. The van der Waals surface area contributed by atoms with Crippen molar-refractivity contribution in [2.45, 2.75) is 0 Å². The van der Waals surface area contributed by atoms with Crippen LogP contribution in [-0.2, 0) is 0 Å². The Labute approximate surface area is 120 Å². The molecule has 104 valence electrons. The Morgan fingerprint density at radius 3 is 2.65 bits per heavy atom. The van der Waals surface area contributed by atoms with E-state index in [0.29, 0.717) is 13.1 Å². The summed E-state index contributed by atoms with van der Waals surface area (Å²) in [6.07, 6.45) is 0. The molecule has 0 aliphatic carbocycles. The van der Waals surface area contributed by atoms with Crippen LogP contribution in [0.4, 0.5) is 0 Å². The van der Waals surface area contributed by atoms with E-state index in [2.05, 4.69) is 10.3 Å². The molecule has 3 rings (SSSR count). The molecule has 0 saturated carbocycles. The fraction of sp³-hybridized carbons (Fsp3) is 0.286. The molecule has 20 heavy (non-hydrogen) atoms. The third-order valence-corrected chi connectivity index (χ3v) is 4.23. The van der Waals surface area contributed by atoms with Crippen LogP contribution in [-0.4, -0.2) is 42.0 Å². The number of hydrogen-bond donors (Lipinski definition) is 2. The number of carbonyl (C=O) groups excluding carboxylic acids is 1. The SMILES string of the molecule is O=C(c1ccc(-c2cccs2)[nH]c1=O)N1CCNCC1. The van der Waals surface area contributed by atoms with Gasteiger partial charge in [0, 0.05) is 26.2 Å². The molecule has 2 aromatic rings. The molecular formula is C14H15N3O2S. The molecule has 0 unspecified atom stereocenters. The summed E-state index contributed by atoms with van der Waals surface area (Å²) in [4.78, 5) is 29.9. The van der Waals surface area contributed by atoms with E-state index >= 15 is 0 Å². The zero-order valence-corrected chi connectivity index (χ0v) is 11.7. The van der Waals surface area contributed by atoms with Crippen LogP contribution in [0.2, 0.25) is 0 Å². The smallest absolute Gasteiger partial charge is 0.261 e. The van der Waals surface area contributed by atoms with Gasteiger partial charge in [-0.1, -0.05) is 6.07 Å². The van der Waals surface area contributed by atoms with Gasteiger partial charge in [0.25, 0.3) is 11.5 Å². The first-order valence-corrected chi connectivity index (χ1v) is 7.41. The highest BCUT2D eigenvalue weighted by atomic mass is 32.1. The van der Waals surface area contributed by atoms with Crippen LogP contribution in [0.25, 0.3) is 10.6 Å². The lowest BCUT2D eigenvalue weighted by molar-refractivity contribution is 0.0734. The van der Waals surface area contributed by atoms with Crippen molar-refractivity contribution in [3.8, 4) is 10.6 Å². The van der Waals surface area contributed by atoms with Crippen molar-refractivity contribution >= 4 is 17.2 Å². The maximum Gasteiger partial charge on any atom is 0.261 e. The van der Waals surface area contributed by atoms with E-state index < -0.39 is 0 Å². The molecule has 1 amide bonds. The Morgan fingerprint density at radius 2 is 2.00 bits per heavy atom. The Bertz CT molecular complexity index is 657.